The van der Waals surface area contributed by atoms with Crippen molar-refractivity contribution in [3.63, 3.8) is 0 Å². The Labute approximate surface area is 38.2 Å². The van der Waals surface area contributed by atoms with Gasteiger partial charge in [0.05, 0.1) is 0 Å². The zero-order valence-electron chi connectivity index (χ0n) is 3.94. The lowest BCUT2D eigenvalue weighted by Gasteiger charge is -1.68. The van der Waals surface area contributed by atoms with Gasteiger partial charge in [-0.3, -0.25) is 0 Å². The van der Waals surface area contributed by atoms with Gasteiger partial charge in [-0.15, -0.1) is 0 Å². The van der Waals surface area contributed by atoms with Gasteiger partial charge in [0.25, 0.3) is 0 Å². The molecule has 1 rings (SSSR count). The number of rotatable bonds is 1. The van der Waals surface area contributed by atoms with E-state index in [1.165, 1.54) is 12.0 Å². The summed E-state index contributed by atoms with van der Waals surface area (Å²) in [6, 6.07) is 0. The highest BCUT2D eigenvalue weighted by Gasteiger charge is 1.93. The third-order valence-corrected chi connectivity index (χ3v) is 0.799. The molecule has 0 aromatic rings. The first-order chi connectivity index (χ1) is 2.93. The highest BCUT2D eigenvalue weighted by atomic mass is 14.0. The molecule has 0 fully saturated rings. The van der Waals surface area contributed by atoms with Crippen molar-refractivity contribution in [2.45, 2.75) is 13.3 Å². The first kappa shape index (κ1) is 3.66. The molecule has 6 heavy (non-hydrogen) atoms. The Hall–Kier alpha value is -0.520. The summed E-state index contributed by atoms with van der Waals surface area (Å²) in [6.07, 6.45) is 7.61. The summed E-state index contributed by atoms with van der Waals surface area (Å²) >= 11 is 0. The van der Waals surface area contributed by atoms with Gasteiger partial charge in [0.2, 0.25) is 0 Å². The zero-order valence-corrected chi connectivity index (χ0v) is 3.94. The summed E-state index contributed by atoms with van der Waals surface area (Å²) in [4.78, 5) is 0. The second-order valence-electron chi connectivity index (χ2n) is 1.45. The summed E-state index contributed by atoms with van der Waals surface area (Å²) in [5.74, 6) is 0. The van der Waals surface area contributed by atoms with Crippen molar-refractivity contribution in [1.82, 2.24) is 0 Å². The van der Waals surface area contributed by atoms with Gasteiger partial charge in [0.15, 0.2) is 0 Å². The molecule has 0 aliphatic heterocycles. The van der Waals surface area contributed by atoms with Crippen LogP contribution in [0.2, 0.25) is 0 Å². The van der Waals surface area contributed by atoms with Crippen LogP contribution in [0.25, 0.3) is 0 Å². The quantitative estimate of drug-likeness (QED) is 0.451. The molecule has 0 bridgehead atoms. The number of hydrogen-bond donors (Lipinski definition) is 0. The average molecular weight is 80.1 g/mol. The molecule has 32 valence electrons. The van der Waals surface area contributed by atoms with E-state index in [0.29, 0.717) is 0 Å². The third-order valence-electron chi connectivity index (χ3n) is 0.799. The van der Waals surface area contributed by atoms with Gasteiger partial charge in [-0.05, 0) is 12.0 Å². The van der Waals surface area contributed by atoms with Crippen molar-refractivity contribution in [1.29, 1.82) is 0 Å². The Morgan fingerprint density at radius 1 is 1.67 bits per heavy atom. The predicted molar refractivity (Wildman–Crippen MR) is 27.5 cm³/mol. The number of hydrogen-bond acceptors (Lipinski definition) is 0. The largest absolute Gasteiger partial charge is 0.0775 e. The van der Waals surface area contributed by atoms with Gasteiger partial charge >= 0.3 is 0 Å². The van der Waals surface area contributed by atoms with Crippen LogP contribution in [-0.2, 0) is 0 Å². The molecule has 0 heterocycles. The minimum absolute atomic E-state index is 1.17. The van der Waals surface area contributed by atoms with Crippen molar-refractivity contribution in [3.05, 3.63) is 23.8 Å². The minimum Gasteiger partial charge on any atom is -0.0775 e. The van der Waals surface area contributed by atoms with Crippen LogP contribution in [0, 0.1) is 0 Å². The highest BCUT2D eigenvalue weighted by molar-refractivity contribution is 5.46. The van der Waals surface area contributed by atoms with Crippen LogP contribution < -0.4 is 0 Å². The van der Waals surface area contributed by atoms with E-state index >= 15 is 0 Å². The topological polar surface area (TPSA) is 0 Å². The van der Waals surface area contributed by atoms with Crippen molar-refractivity contribution in [2.75, 3.05) is 0 Å². The van der Waals surface area contributed by atoms with Crippen molar-refractivity contribution in [2.24, 2.45) is 0 Å². The van der Waals surface area contributed by atoms with Crippen LogP contribution >= 0.6 is 0 Å². The van der Waals surface area contributed by atoms with Gasteiger partial charge in [-0.25, -0.2) is 0 Å². The van der Waals surface area contributed by atoms with Crippen LogP contribution in [0.1, 0.15) is 13.3 Å². The van der Waals surface area contributed by atoms with Gasteiger partial charge in [-0.1, -0.05) is 25.2 Å². The molecule has 1 aliphatic carbocycles. The fourth-order valence-electron chi connectivity index (χ4n) is 0.420. The molecule has 0 amide bonds. The van der Waals surface area contributed by atoms with E-state index in [2.05, 4.69) is 25.2 Å². The molecule has 0 saturated heterocycles. The summed E-state index contributed by atoms with van der Waals surface area (Å²) in [5.41, 5.74) is 1.41. The van der Waals surface area contributed by atoms with E-state index in [9.17, 15) is 0 Å². The molecule has 0 nitrogen and oxygen atoms in total. The van der Waals surface area contributed by atoms with Crippen molar-refractivity contribution in [3.8, 4) is 0 Å². The van der Waals surface area contributed by atoms with E-state index in [-0.39, 0.29) is 0 Å². The van der Waals surface area contributed by atoms with E-state index in [1.807, 2.05) is 0 Å². The summed E-state index contributed by atoms with van der Waals surface area (Å²) < 4.78 is 0. The molecule has 0 spiro atoms. The van der Waals surface area contributed by atoms with Crippen LogP contribution in [0.5, 0.6) is 0 Å². The van der Waals surface area contributed by atoms with Crippen LogP contribution in [-0.4, -0.2) is 0 Å². The van der Waals surface area contributed by atoms with E-state index in [0.717, 1.165) is 0 Å². The Bertz CT molecular complexity index is 88.6. The molecule has 1 aliphatic rings. The number of allylic oxidation sites excluding steroid dienone is 4. The first-order valence-electron chi connectivity index (χ1n) is 2.31. The Kier molecular flexibility index (Phi) is 0.789. The maximum atomic E-state index is 2.21. The summed E-state index contributed by atoms with van der Waals surface area (Å²) in [6.45, 7) is 2.15. The Morgan fingerprint density at radius 2 is 2.33 bits per heavy atom. The zero-order chi connectivity index (χ0) is 4.41. The van der Waals surface area contributed by atoms with E-state index < -0.39 is 0 Å². The van der Waals surface area contributed by atoms with Crippen molar-refractivity contribution >= 4 is 0 Å². The fraction of sp³-hybridized carbons (Fsp3) is 0.333. The van der Waals surface area contributed by atoms with Gasteiger partial charge in [-0.2, -0.15) is 0 Å². The van der Waals surface area contributed by atoms with Gasteiger partial charge < -0.3 is 0 Å². The molecular weight excluding hydrogens is 72.1 g/mol. The molecule has 0 atom stereocenters. The molecule has 0 saturated carbocycles. The van der Waals surface area contributed by atoms with Crippen LogP contribution in [0.4, 0.5) is 0 Å². The summed E-state index contributed by atoms with van der Waals surface area (Å²) in [7, 11) is 0. The van der Waals surface area contributed by atoms with Crippen LogP contribution in [0.15, 0.2) is 23.8 Å². The second kappa shape index (κ2) is 1.29. The highest BCUT2D eigenvalue weighted by Crippen LogP contribution is 2.13. The van der Waals surface area contributed by atoms with Gasteiger partial charge in [0.1, 0.15) is 0 Å². The average Bonchev–Trinajstić information content (AvgIpc) is 2.21. The molecule has 0 N–H and O–H groups in total. The maximum Gasteiger partial charge on any atom is -0.0296 e. The van der Waals surface area contributed by atoms with E-state index in [1.54, 1.807) is 0 Å². The first-order valence-corrected chi connectivity index (χ1v) is 2.31. The van der Waals surface area contributed by atoms with E-state index in [4.69, 9.17) is 0 Å². The Morgan fingerprint density at radius 3 is 2.50 bits per heavy atom. The monoisotopic (exact) mass is 80.1 g/mol. The molecule has 0 aromatic heterocycles. The third kappa shape index (κ3) is 0.713. The molecule has 0 heteroatoms. The standard InChI is InChI=1S/C6H8/c1-2-3-6-4-5-6/h3-5H,2H2,1H3. The van der Waals surface area contributed by atoms with Crippen molar-refractivity contribution < 1.29 is 0 Å². The van der Waals surface area contributed by atoms with Crippen LogP contribution in [0.3, 0.4) is 0 Å². The predicted octanol–water partition coefficient (Wildman–Crippen LogP) is 1.89. The lowest BCUT2D eigenvalue weighted by molar-refractivity contribution is 1.22. The Balaban J connectivity index is 2.27. The lowest BCUT2D eigenvalue weighted by Crippen LogP contribution is -1.48. The molecular formula is C6H8. The molecule has 0 unspecified atom stereocenters. The molecule has 0 radical (unpaired) electrons. The lowest BCUT2D eigenvalue weighted by atomic mass is 10.4. The smallest absolute Gasteiger partial charge is 0.0296 e. The second-order valence-corrected chi connectivity index (χ2v) is 1.45. The SMILES string of the molecule is CCC=C1C=C1. The van der Waals surface area contributed by atoms with Gasteiger partial charge in [0, 0.05) is 0 Å². The maximum absolute atomic E-state index is 2.21. The summed E-state index contributed by atoms with van der Waals surface area (Å²) in [5, 5.41) is 0. The molecule has 0 aromatic carbocycles. The minimum atomic E-state index is 1.17. The normalized spacial score (nSPS) is 15.2. The fourth-order valence-corrected chi connectivity index (χ4v) is 0.420.